The molecule has 0 aromatic carbocycles. The first-order valence-electron chi connectivity index (χ1n) is 8.13. The van der Waals surface area contributed by atoms with Crippen molar-refractivity contribution in [2.45, 2.75) is 32.7 Å². The number of aromatic amines is 1. The van der Waals surface area contributed by atoms with Gasteiger partial charge in [0.15, 0.2) is 0 Å². The van der Waals surface area contributed by atoms with Crippen LogP contribution in [0.1, 0.15) is 31.1 Å². The van der Waals surface area contributed by atoms with Crippen LogP contribution in [0.15, 0.2) is 17.8 Å². The van der Waals surface area contributed by atoms with Gasteiger partial charge >= 0.3 is 5.97 Å². The lowest BCUT2D eigenvalue weighted by atomic mass is 10.2. The summed E-state index contributed by atoms with van der Waals surface area (Å²) in [7, 11) is 0. The van der Waals surface area contributed by atoms with Crippen molar-refractivity contribution in [2.75, 3.05) is 26.4 Å². The summed E-state index contributed by atoms with van der Waals surface area (Å²) >= 11 is 0. The average Bonchev–Trinajstić information content (AvgIpc) is 2.78. The van der Waals surface area contributed by atoms with Crippen molar-refractivity contribution in [3.05, 3.63) is 35.1 Å². The van der Waals surface area contributed by atoms with E-state index in [0.29, 0.717) is 18.5 Å². The van der Waals surface area contributed by atoms with Gasteiger partial charge in [-0.15, -0.1) is 0 Å². The number of morpholine rings is 1. The van der Waals surface area contributed by atoms with Crippen LogP contribution >= 0.6 is 0 Å². The van der Waals surface area contributed by atoms with Gasteiger partial charge < -0.3 is 19.4 Å². The van der Waals surface area contributed by atoms with Gasteiger partial charge in [0.25, 0.3) is 0 Å². The molecule has 1 atom stereocenters. The van der Waals surface area contributed by atoms with Crippen molar-refractivity contribution in [1.82, 2.24) is 14.9 Å². The van der Waals surface area contributed by atoms with E-state index in [0.717, 1.165) is 43.3 Å². The van der Waals surface area contributed by atoms with Gasteiger partial charge in [0, 0.05) is 30.4 Å². The van der Waals surface area contributed by atoms with Crippen molar-refractivity contribution in [1.29, 1.82) is 0 Å². The van der Waals surface area contributed by atoms with Crippen LogP contribution in [-0.4, -0.2) is 53.2 Å². The second-order valence-corrected chi connectivity index (χ2v) is 5.82. The van der Waals surface area contributed by atoms with Crippen molar-refractivity contribution in [2.24, 2.45) is 0 Å². The number of esters is 1. The Hall–Kier alpha value is -2.08. The van der Waals surface area contributed by atoms with Gasteiger partial charge in [0.05, 0.1) is 25.5 Å². The van der Waals surface area contributed by atoms with Gasteiger partial charge in [-0.2, -0.15) is 0 Å². The normalized spacial score (nSPS) is 20.7. The van der Waals surface area contributed by atoms with E-state index in [2.05, 4.69) is 40.0 Å². The second kappa shape index (κ2) is 7.00. The lowest BCUT2D eigenvalue weighted by molar-refractivity contribution is -0.142. The smallest absolute Gasteiger partial charge is 0.313 e. The van der Waals surface area contributed by atoms with Gasteiger partial charge in [-0.3, -0.25) is 4.79 Å². The predicted octanol–water partition coefficient (Wildman–Crippen LogP) is 1.69. The van der Waals surface area contributed by atoms with E-state index in [1.54, 1.807) is 6.92 Å². The Morgan fingerprint density at radius 2 is 2.43 bits per heavy atom. The third-order valence-corrected chi connectivity index (χ3v) is 4.07. The lowest BCUT2D eigenvalue weighted by Crippen LogP contribution is -2.42. The van der Waals surface area contributed by atoms with Crippen molar-refractivity contribution >= 4 is 12.0 Å². The van der Waals surface area contributed by atoms with E-state index >= 15 is 0 Å². The molecule has 6 nitrogen and oxygen atoms in total. The van der Waals surface area contributed by atoms with Gasteiger partial charge in [-0.25, -0.2) is 4.98 Å². The molecule has 3 rings (SSSR count). The second-order valence-electron chi connectivity index (χ2n) is 5.82. The zero-order chi connectivity index (χ0) is 16.2. The first-order chi connectivity index (χ1) is 11.2. The third-order valence-electron chi connectivity index (χ3n) is 4.07. The Balaban J connectivity index is 1.80. The van der Waals surface area contributed by atoms with Crippen molar-refractivity contribution in [3.8, 4) is 0 Å². The number of carbonyl (C=O) groups excluding carboxylic acids is 1. The van der Waals surface area contributed by atoms with Crippen LogP contribution in [0, 0.1) is 0 Å². The van der Waals surface area contributed by atoms with E-state index in [1.807, 2.05) is 0 Å². The maximum atomic E-state index is 11.6. The topological polar surface area (TPSA) is 67.5 Å². The monoisotopic (exact) mass is 317 g/mol. The molecule has 1 aromatic rings. The summed E-state index contributed by atoms with van der Waals surface area (Å²) in [5, 5.41) is 0. The largest absolute Gasteiger partial charge is 0.466 e. The molecule has 23 heavy (non-hydrogen) atoms. The van der Waals surface area contributed by atoms with Crippen LogP contribution in [-0.2, 0) is 27.1 Å². The highest BCUT2D eigenvalue weighted by atomic mass is 16.5. The molecule has 1 aliphatic heterocycles. The fourth-order valence-electron chi connectivity index (χ4n) is 2.96. The van der Waals surface area contributed by atoms with Gasteiger partial charge in [-0.1, -0.05) is 6.08 Å². The molecule has 1 saturated heterocycles. The number of imidazole rings is 1. The van der Waals surface area contributed by atoms with Crippen LogP contribution in [0.25, 0.3) is 6.08 Å². The lowest BCUT2D eigenvalue weighted by Gasteiger charge is -2.35. The number of aromatic nitrogens is 2. The van der Waals surface area contributed by atoms with E-state index in [4.69, 9.17) is 9.47 Å². The van der Waals surface area contributed by atoms with Crippen LogP contribution in [0.4, 0.5) is 0 Å². The molecule has 0 radical (unpaired) electrons. The zero-order valence-electron chi connectivity index (χ0n) is 13.7. The molecular weight excluding hydrogens is 294 g/mol. The molecule has 1 aliphatic carbocycles. The van der Waals surface area contributed by atoms with Crippen LogP contribution in [0.3, 0.4) is 0 Å². The summed E-state index contributed by atoms with van der Waals surface area (Å²) in [5.74, 6) is 0.410. The summed E-state index contributed by atoms with van der Waals surface area (Å²) in [5.41, 5.74) is 3.09. The SMILES string of the molecule is CCOC(=O)Cc1nc2c([nH]1)CC=CC(N1CCOC[C@H]1C)=C2. The fourth-order valence-corrected chi connectivity index (χ4v) is 2.96. The minimum absolute atomic E-state index is 0.182. The molecule has 2 heterocycles. The third kappa shape index (κ3) is 3.64. The number of allylic oxidation sites excluding steroid dienone is 2. The molecule has 6 heteroatoms. The quantitative estimate of drug-likeness (QED) is 0.856. The Labute approximate surface area is 136 Å². The highest BCUT2D eigenvalue weighted by Crippen LogP contribution is 2.22. The van der Waals surface area contributed by atoms with Gasteiger partial charge in [0.1, 0.15) is 12.2 Å². The highest BCUT2D eigenvalue weighted by Gasteiger charge is 2.22. The Morgan fingerprint density at radius 1 is 1.57 bits per heavy atom. The minimum atomic E-state index is -0.252. The number of rotatable bonds is 4. The highest BCUT2D eigenvalue weighted by molar-refractivity contribution is 5.71. The number of hydrogen-bond acceptors (Lipinski definition) is 5. The molecule has 0 amide bonds. The molecule has 1 aromatic heterocycles. The Bertz CT molecular complexity index is 633. The Kier molecular flexibility index (Phi) is 4.81. The van der Waals surface area contributed by atoms with Gasteiger partial charge in [-0.05, 0) is 26.0 Å². The van der Waals surface area contributed by atoms with Crippen LogP contribution in [0.2, 0.25) is 0 Å². The first kappa shape index (κ1) is 15.8. The van der Waals surface area contributed by atoms with Crippen molar-refractivity contribution < 1.29 is 14.3 Å². The molecule has 0 spiro atoms. The molecule has 1 N–H and O–H groups in total. The Morgan fingerprint density at radius 3 is 3.22 bits per heavy atom. The van der Waals surface area contributed by atoms with Crippen molar-refractivity contribution in [3.63, 3.8) is 0 Å². The zero-order valence-corrected chi connectivity index (χ0v) is 13.7. The molecule has 0 unspecified atom stereocenters. The maximum absolute atomic E-state index is 11.6. The van der Waals surface area contributed by atoms with E-state index < -0.39 is 0 Å². The van der Waals surface area contributed by atoms with Crippen LogP contribution < -0.4 is 0 Å². The van der Waals surface area contributed by atoms with Crippen LogP contribution in [0.5, 0.6) is 0 Å². The number of nitrogens with zero attached hydrogens (tertiary/aromatic N) is 2. The molecule has 2 aliphatic rings. The summed E-state index contributed by atoms with van der Waals surface area (Å²) in [6.07, 6.45) is 7.33. The first-order valence-corrected chi connectivity index (χ1v) is 8.13. The average molecular weight is 317 g/mol. The van der Waals surface area contributed by atoms with E-state index in [1.165, 1.54) is 0 Å². The van der Waals surface area contributed by atoms with Gasteiger partial charge in [0.2, 0.25) is 0 Å². The number of ether oxygens (including phenoxy) is 2. The summed E-state index contributed by atoms with van der Waals surface area (Å²) < 4.78 is 10.5. The summed E-state index contributed by atoms with van der Waals surface area (Å²) in [4.78, 5) is 21.8. The number of hydrogen-bond donors (Lipinski definition) is 1. The van der Waals surface area contributed by atoms with E-state index in [9.17, 15) is 4.79 Å². The maximum Gasteiger partial charge on any atom is 0.313 e. The number of fused-ring (bicyclic) bond motifs is 1. The predicted molar refractivity (Wildman–Crippen MR) is 86.7 cm³/mol. The number of nitrogens with one attached hydrogen (secondary N) is 1. The fraction of sp³-hybridized carbons (Fsp3) is 0.529. The molecule has 124 valence electrons. The molecule has 0 saturated carbocycles. The summed E-state index contributed by atoms with van der Waals surface area (Å²) in [6, 6.07) is 0.346. The summed E-state index contributed by atoms with van der Waals surface area (Å²) in [6.45, 7) is 6.73. The number of carbonyl (C=O) groups is 1. The van der Waals surface area contributed by atoms with E-state index in [-0.39, 0.29) is 12.4 Å². The number of H-pyrrole nitrogens is 1. The molecular formula is C17H23N3O3. The molecule has 1 fully saturated rings. The minimum Gasteiger partial charge on any atom is -0.466 e. The standard InChI is InChI=1S/C17H23N3O3/c1-3-23-17(21)10-16-18-14-6-4-5-13(9-15(14)19-16)20-7-8-22-11-12(20)2/h4-5,9,12H,3,6-8,10-11H2,1-2H3,(H,18,19)/t12-/m1/s1. The molecule has 0 bridgehead atoms.